The number of carbonyl (C=O) groups is 2. The Kier molecular flexibility index (Phi) is 9.42. The average molecular weight is 409 g/mol. The molecule has 1 rings (SSSR count). The van der Waals surface area contributed by atoms with Crippen molar-refractivity contribution >= 4 is 34.6 Å². The Labute approximate surface area is 142 Å². The van der Waals surface area contributed by atoms with Gasteiger partial charge in [-0.3, -0.25) is 18.0 Å². The smallest absolute Gasteiger partial charge is 0.223 e. The van der Waals surface area contributed by atoms with Crippen molar-refractivity contribution in [2.45, 2.75) is 52.0 Å². The van der Waals surface area contributed by atoms with Crippen molar-refractivity contribution in [1.29, 1.82) is 0 Å². The largest absolute Gasteiger partial charge is 0.353 e. The Balaban J connectivity index is 2.18. The fourth-order valence-electron chi connectivity index (χ4n) is 2.67. The summed E-state index contributed by atoms with van der Waals surface area (Å²) in [4.78, 5) is 25.4. The Bertz CT molecular complexity index is 331. The number of halogens is 1. The van der Waals surface area contributed by atoms with Gasteiger partial charge in [0.1, 0.15) is 5.78 Å². The maximum atomic E-state index is 12.1. The van der Waals surface area contributed by atoms with Gasteiger partial charge >= 0.3 is 0 Å². The van der Waals surface area contributed by atoms with Crippen LogP contribution < -0.4 is 8.85 Å². The van der Waals surface area contributed by atoms with Crippen LogP contribution in [0.4, 0.5) is 0 Å². The van der Waals surface area contributed by atoms with E-state index in [1.165, 1.54) is 0 Å². The molecule has 0 radical (unpaired) electrons. The van der Waals surface area contributed by atoms with Crippen molar-refractivity contribution < 1.29 is 9.59 Å². The van der Waals surface area contributed by atoms with Crippen LogP contribution in [-0.2, 0) is 9.59 Å². The number of nitrogens with zero attached hydrogens (tertiary/aromatic N) is 1. The van der Waals surface area contributed by atoms with E-state index in [1.54, 1.807) is 6.92 Å². The molecule has 21 heavy (non-hydrogen) atoms. The van der Waals surface area contributed by atoms with Crippen LogP contribution in [0, 0.1) is 5.92 Å². The van der Waals surface area contributed by atoms with Gasteiger partial charge in [0.05, 0.1) is 6.54 Å². The number of piperidine rings is 1. The van der Waals surface area contributed by atoms with Crippen LogP contribution in [-0.4, -0.2) is 48.8 Å². The van der Waals surface area contributed by atoms with E-state index >= 15 is 0 Å². The molecule has 1 heterocycles. The molecule has 0 aromatic heterocycles. The van der Waals surface area contributed by atoms with Gasteiger partial charge in [0.15, 0.2) is 0 Å². The molecule has 1 unspecified atom stereocenters. The van der Waals surface area contributed by atoms with E-state index in [1.807, 2.05) is 6.92 Å². The van der Waals surface area contributed by atoms with Crippen molar-refractivity contribution in [3.8, 4) is 0 Å². The fraction of sp³-hybridized carbons (Fsp3) is 0.867. The molecule has 0 bridgehead atoms. The lowest BCUT2D eigenvalue weighted by Crippen LogP contribution is -2.46. The zero-order valence-corrected chi connectivity index (χ0v) is 15.3. The van der Waals surface area contributed by atoms with E-state index in [9.17, 15) is 9.59 Å². The van der Waals surface area contributed by atoms with Crippen LogP contribution in [0.1, 0.15) is 46.0 Å². The summed E-state index contributed by atoms with van der Waals surface area (Å²) in [5.74, 6) is 0.490. The molecule has 6 heteroatoms. The second kappa shape index (κ2) is 10.5. The van der Waals surface area contributed by atoms with Gasteiger partial charge in [0.25, 0.3) is 0 Å². The molecule has 1 aliphatic rings. The average Bonchev–Trinajstić information content (AvgIpc) is 2.45. The summed E-state index contributed by atoms with van der Waals surface area (Å²) in [7, 11) is 0. The maximum Gasteiger partial charge on any atom is 0.223 e. The second-order valence-corrected chi connectivity index (χ2v) is 6.80. The Morgan fingerprint density at radius 1 is 1.29 bits per heavy atom. The van der Waals surface area contributed by atoms with E-state index in [0.717, 1.165) is 51.7 Å². The molecule has 122 valence electrons. The number of likely N-dealkylation sites (tertiary alicyclic amines) is 1. The third-order valence-corrected chi connectivity index (χ3v) is 4.53. The molecule has 0 spiro atoms. The van der Waals surface area contributed by atoms with Crippen molar-refractivity contribution in [2.75, 3.05) is 26.2 Å². The lowest BCUT2D eigenvalue weighted by Gasteiger charge is -2.32. The highest BCUT2D eigenvalue weighted by Crippen LogP contribution is 2.13. The molecule has 0 aliphatic carbocycles. The first-order valence-electron chi connectivity index (χ1n) is 7.88. The van der Waals surface area contributed by atoms with Gasteiger partial charge in [-0.25, -0.2) is 0 Å². The van der Waals surface area contributed by atoms with Crippen LogP contribution in [0.2, 0.25) is 0 Å². The Morgan fingerprint density at radius 2 is 1.95 bits per heavy atom. The number of amides is 1. The van der Waals surface area contributed by atoms with E-state index in [4.69, 9.17) is 0 Å². The number of carbonyl (C=O) groups excluding carboxylic acids is 2. The zero-order valence-electron chi connectivity index (χ0n) is 13.2. The van der Waals surface area contributed by atoms with E-state index in [-0.39, 0.29) is 23.7 Å². The highest BCUT2D eigenvalue weighted by atomic mass is 127. The summed E-state index contributed by atoms with van der Waals surface area (Å²) in [6.07, 6.45) is 5.05. The van der Waals surface area contributed by atoms with Gasteiger partial charge < -0.3 is 5.32 Å². The van der Waals surface area contributed by atoms with Crippen molar-refractivity contribution in [3.05, 3.63) is 0 Å². The van der Waals surface area contributed by atoms with E-state index in [0.29, 0.717) is 6.54 Å². The molecule has 0 aromatic rings. The third-order valence-electron chi connectivity index (χ3n) is 3.99. The summed E-state index contributed by atoms with van der Waals surface area (Å²) in [5, 5.41) is 3.17. The van der Waals surface area contributed by atoms with Gasteiger partial charge in [0, 0.05) is 54.5 Å². The molecular formula is C15H28IN3O2. The lowest BCUT2D eigenvalue weighted by atomic mass is 10.0. The van der Waals surface area contributed by atoms with Gasteiger partial charge in [0.2, 0.25) is 5.91 Å². The Hall–Kier alpha value is -0.210. The third kappa shape index (κ3) is 8.11. The number of rotatable bonds is 9. The fourth-order valence-corrected chi connectivity index (χ4v) is 3.05. The highest BCUT2D eigenvalue weighted by Gasteiger charge is 2.22. The number of Topliss-reactive ketones (excluding diaryl/α,β-unsaturated/α-hetero) is 1. The normalized spacial score (nSPS) is 18.4. The van der Waals surface area contributed by atoms with Gasteiger partial charge in [-0.15, -0.1) is 0 Å². The summed E-state index contributed by atoms with van der Waals surface area (Å²) < 4.78 is 3.09. The molecule has 0 saturated carbocycles. The first-order valence-corrected chi connectivity index (χ1v) is 8.96. The van der Waals surface area contributed by atoms with Crippen LogP contribution in [0.3, 0.4) is 0 Å². The molecule has 2 N–H and O–H groups in total. The van der Waals surface area contributed by atoms with Crippen LogP contribution in [0.5, 0.6) is 0 Å². The topological polar surface area (TPSA) is 61.4 Å². The number of hydrogen-bond acceptors (Lipinski definition) is 4. The summed E-state index contributed by atoms with van der Waals surface area (Å²) in [6.45, 7) is 6.99. The first kappa shape index (κ1) is 18.8. The summed E-state index contributed by atoms with van der Waals surface area (Å²) in [6, 6.07) is 0.277. The summed E-state index contributed by atoms with van der Waals surface area (Å²) in [5.41, 5.74) is 0. The number of nitrogens with one attached hydrogen (secondary N) is 2. The van der Waals surface area contributed by atoms with Gasteiger partial charge in [-0.2, -0.15) is 0 Å². The molecular weight excluding hydrogens is 381 g/mol. The number of hydrogen-bond donors (Lipinski definition) is 2. The van der Waals surface area contributed by atoms with Crippen LogP contribution >= 0.6 is 22.9 Å². The zero-order chi connectivity index (χ0) is 15.7. The number of unbranched alkanes of at least 4 members (excludes halogenated alkanes) is 1. The molecule has 1 aliphatic heterocycles. The summed E-state index contributed by atoms with van der Waals surface area (Å²) >= 11 is 2.15. The SMILES string of the molecule is CC(=O)CN1CCC(NC(=O)C(C)CCCCNI)CC1. The van der Waals surface area contributed by atoms with E-state index in [2.05, 4.69) is 36.6 Å². The molecule has 1 saturated heterocycles. The van der Waals surface area contributed by atoms with E-state index < -0.39 is 0 Å². The first-order chi connectivity index (χ1) is 10.0. The predicted octanol–water partition coefficient (Wildman–Crippen LogP) is 1.90. The molecule has 1 fully saturated rings. The Morgan fingerprint density at radius 3 is 2.52 bits per heavy atom. The second-order valence-electron chi connectivity index (χ2n) is 6.04. The lowest BCUT2D eigenvalue weighted by molar-refractivity contribution is -0.126. The van der Waals surface area contributed by atoms with Gasteiger partial charge in [-0.05, 0) is 32.6 Å². The molecule has 1 atom stereocenters. The molecule has 5 nitrogen and oxygen atoms in total. The van der Waals surface area contributed by atoms with Crippen molar-refractivity contribution in [1.82, 2.24) is 13.7 Å². The standard InChI is InChI=1S/C15H28IN3O2/c1-12(5-3-4-8-17-16)15(21)18-14-6-9-19(10-7-14)11-13(2)20/h12,14,17H,3-11H2,1-2H3,(H,18,21). The molecule has 1 amide bonds. The minimum Gasteiger partial charge on any atom is -0.353 e. The quantitative estimate of drug-likeness (QED) is 0.347. The van der Waals surface area contributed by atoms with Gasteiger partial charge in [-0.1, -0.05) is 13.3 Å². The van der Waals surface area contributed by atoms with Crippen LogP contribution in [0.15, 0.2) is 0 Å². The van der Waals surface area contributed by atoms with Crippen molar-refractivity contribution in [3.63, 3.8) is 0 Å². The molecule has 0 aromatic carbocycles. The predicted molar refractivity (Wildman–Crippen MR) is 93.3 cm³/mol. The van der Waals surface area contributed by atoms with Crippen LogP contribution in [0.25, 0.3) is 0 Å². The minimum absolute atomic E-state index is 0.0921. The monoisotopic (exact) mass is 409 g/mol. The minimum atomic E-state index is 0.0921. The van der Waals surface area contributed by atoms with Crippen molar-refractivity contribution in [2.24, 2.45) is 5.92 Å². The number of ketones is 1. The maximum absolute atomic E-state index is 12.1. The highest BCUT2D eigenvalue weighted by molar-refractivity contribution is 14.1.